The first kappa shape index (κ1) is 18.0. The van der Waals surface area contributed by atoms with Crippen LogP contribution in [0, 0.1) is 6.92 Å². The number of anilines is 1. The Morgan fingerprint density at radius 1 is 1.28 bits per heavy atom. The molecular weight excluding hydrogens is 363 g/mol. The minimum Gasteiger partial charge on any atom is -0.473 e. The molecule has 7 heteroatoms. The van der Waals surface area contributed by atoms with Crippen molar-refractivity contribution < 1.29 is 14.3 Å². The average Bonchev–Trinajstić information content (AvgIpc) is 2.61. The molecule has 25 heavy (non-hydrogen) atoms. The van der Waals surface area contributed by atoms with Crippen LogP contribution < -0.4 is 10.1 Å². The summed E-state index contributed by atoms with van der Waals surface area (Å²) >= 11 is 12.2. The van der Waals surface area contributed by atoms with Crippen LogP contribution in [0.1, 0.15) is 28.8 Å². The van der Waals surface area contributed by atoms with Gasteiger partial charge in [0.15, 0.2) is 0 Å². The van der Waals surface area contributed by atoms with Gasteiger partial charge in [-0.1, -0.05) is 29.3 Å². The number of rotatable bonds is 4. The number of aromatic nitrogens is 1. The lowest BCUT2D eigenvalue weighted by Gasteiger charge is -2.23. The predicted molar refractivity (Wildman–Crippen MR) is 97.9 cm³/mol. The summed E-state index contributed by atoms with van der Waals surface area (Å²) in [5, 5.41) is 3.68. The van der Waals surface area contributed by atoms with Crippen LogP contribution in [-0.2, 0) is 4.74 Å². The molecule has 1 saturated heterocycles. The molecule has 2 aromatic rings. The number of nitrogens with zero attached hydrogens (tertiary/aromatic N) is 1. The Hall–Kier alpha value is -1.82. The van der Waals surface area contributed by atoms with Crippen molar-refractivity contribution in [3.8, 4) is 5.88 Å². The molecular formula is C18H18Cl2N2O3. The smallest absolute Gasteiger partial charge is 0.257 e. The van der Waals surface area contributed by atoms with Crippen molar-refractivity contribution in [2.45, 2.75) is 25.9 Å². The minimum atomic E-state index is -0.308. The highest BCUT2D eigenvalue weighted by Gasteiger charge is 2.18. The highest BCUT2D eigenvalue weighted by molar-refractivity contribution is 6.32. The lowest BCUT2D eigenvalue weighted by Crippen LogP contribution is -2.26. The maximum atomic E-state index is 12.4. The SMILES string of the molecule is Cc1ccc(Cl)cc1NC(=O)c1cnc(OC2CCOCC2)c(Cl)c1. The first-order valence-electron chi connectivity index (χ1n) is 8.00. The van der Waals surface area contributed by atoms with Crippen molar-refractivity contribution in [1.82, 2.24) is 4.98 Å². The quantitative estimate of drug-likeness (QED) is 0.847. The fourth-order valence-corrected chi connectivity index (χ4v) is 2.89. The zero-order chi connectivity index (χ0) is 17.8. The lowest BCUT2D eigenvalue weighted by atomic mass is 10.1. The van der Waals surface area contributed by atoms with E-state index in [1.807, 2.05) is 13.0 Å². The number of amides is 1. The van der Waals surface area contributed by atoms with Gasteiger partial charge in [0.05, 0.1) is 18.8 Å². The van der Waals surface area contributed by atoms with E-state index in [9.17, 15) is 4.79 Å². The Morgan fingerprint density at radius 2 is 2.04 bits per heavy atom. The standard InChI is InChI=1S/C18H18Cl2N2O3/c1-11-2-3-13(19)9-16(11)22-17(23)12-8-15(20)18(21-10-12)25-14-4-6-24-7-5-14/h2-3,8-10,14H,4-7H2,1H3,(H,22,23). The molecule has 1 N–H and O–H groups in total. The number of benzene rings is 1. The third kappa shape index (κ3) is 4.63. The summed E-state index contributed by atoms with van der Waals surface area (Å²) in [6.07, 6.45) is 3.09. The molecule has 0 saturated carbocycles. The molecule has 0 atom stereocenters. The van der Waals surface area contributed by atoms with E-state index in [0.717, 1.165) is 18.4 Å². The molecule has 0 spiro atoms. The number of carbonyl (C=O) groups excluding carboxylic acids is 1. The molecule has 0 bridgehead atoms. The molecule has 0 unspecified atom stereocenters. The highest BCUT2D eigenvalue weighted by atomic mass is 35.5. The molecule has 1 amide bonds. The summed E-state index contributed by atoms with van der Waals surface area (Å²) in [5.41, 5.74) is 1.91. The highest BCUT2D eigenvalue weighted by Crippen LogP contribution is 2.26. The third-order valence-electron chi connectivity index (χ3n) is 3.96. The van der Waals surface area contributed by atoms with E-state index in [1.54, 1.807) is 18.2 Å². The maximum absolute atomic E-state index is 12.4. The van der Waals surface area contributed by atoms with Crippen molar-refractivity contribution in [1.29, 1.82) is 0 Å². The number of halogens is 2. The maximum Gasteiger partial charge on any atom is 0.257 e. The normalized spacial score (nSPS) is 15.0. The van der Waals surface area contributed by atoms with Crippen molar-refractivity contribution in [2.24, 2.45) is 0 Å². The summed E-state index contributed by atoms with van der Waals surface area (Å²) in [4.78, 5) is 16.6. The second kappa shape index (κ2) is 8.04. The van der Waals surface area contributed by atoms with Crippen LogP contribution in [0.5, 0.6) is 5.88 Å². The number of nitrogens with one attached hydrogen (secondary N) is 1. The fraction of sp³-hybridized carbons (Fsp3) is 0.333. The number of pyridine rings is 1. The molecule has 1 aliphatic rings. The van der Waals surface area contributed by atoms with Crippen molar-refractivity contribution >= 4 is 34.8 Å². The van der Waals surface area contributed by atoms with Gasteiger partial charge in [-0.3, -0.25) is 4.79 Å². The van der Waals surface area contributed by atoms with Gasteiger partial charge in [0.2, 0.25) is 5.88 Å². The van der Waals surface area contributed by atoms with E-state index < -0.39 is 0 Å². The van der Waals surface area contributed by atoms with Gasteiger partial charge in [0.25, 0.3) is 5.91 Å². The summed E-state index contributed by atoms with van der Waals surface area (Å²) < 4.78 is 11.1. The minimum absolute atomic E-state index is 0.0348. The van der Waals surface area contributed by atoms with Gasteiger partial charge in [-0.2, -0.15) is 0 Å². The van der Waals surface area contributed by atoms with E-state index in [0.29, 0.717) is 40.4 Å². The van der Waals surface area contributed by atoms with Crippen molar-refractivity contribution in [2.75, 3.05) is 18.5 Å². The van der Waals surface area contributed by atoms with Gasteiger partial charge in [-0.25, -0.2) is 4.98 Å². The molecule has 1 aliphatic heterocycles. The Morgan fingerprint density at radius 3 is 2.76 bits per heavy atom. The third-order valence-corrected chi connectivity index (χ3v) is 4.47. The molecule has 132 valence electrons. The number of carbonyl (C=O) groups is 1. The number of aryl methyl sites for hydroxylation is 1. The van der Waals surface area contributed by atoms with Gasteiger partial charge in [-0.15, -0.1) is 0 Å². The topological polar surface area (TPSA) is 60.5 Å². The fourth-order valence-electron chi connectivity index (χ4n) is 2.51. The summed E-state index contributed by atoms with van der Waals surface area (Å²) in [7, 11) is 0. The van der Waals surface area contributed by atoms with E-state index in [2.05, 4.69) is 10.3 Å². The Balaban J connectivity index is 1.71. The van der Waals surface area contributed by atoms with Crippen molar-refractivity contribution in [3.63, 3.8) is 0 Å². The molecule has 0 radical (unpaired) electrons. The molecule has 1 aromatic heterocycles. The summed E-state index contributed by atoms with van der Waals surface area (Å²) in [6.45, 7) is 3.23. The molecule has 1 fully saturated rings. The van der Waals surface area contributed by atoms with Crippen LogP contribution in [0.3, 0.4) is 0 Å². The average molecular weight is 381 g/mol. The summed E-state index contributed by atoms with van der Waals surface area (Å²) in [6, 6.07) is 6.87. The molecule has 2 heterocycles. The monoisotopic (exact) mass is 380 g/mol. The van der Waals surface area contributed by atoms with Gasteiger partial charge < -0.3 is 14.8 Å². The predicted octanol–water partition coefficient (Wildman–Crippen LogP) is 4.51. The second-order valence-corrected chi connectivity index (χ2v) is 6.70. The first-order valence-corrected chi connectivity index (χ1v) is 8.76. The number of hydrogen-bond acceptors (Lipinski definition) is 4. The van der Waals surface area contributed by atoms with E-state index in [-0.39, 0.29) is 12.0 Å². The Bertz CT molecular complexity index is 777. The van der Waals surface area contributed by atoms with Crippen LogP contribution in [-0.4, -0.2) is 30.2 Å². The Kier molecular flexibility index (Phi) is 5.78. The van der Waals surface area contributed by atoms with Gasteiger partial charge in [-0.05, 0) is 30.7 Å². The van der Waals surface area contributed by atoms with E-state index in [1.165, 1.54) is 6.20 Å². The zero-order valence-electron chi connectivity index (χ0n) is 13.7. The van der Waals surface area contributed by atoms with Gasteiger partial charge >= 0.3 is 0 Å². The van der Waals surface area contributed by atoms with Gasteiger partial charge in [0.1, 0.15) is 11.1 Å². The van der Waals surface area contributed by atoms with E-state index >= 15 is 0 Å². The number of hydrogen-bond donors (Lipinski definition) is 1. The molecule has 0 aliphatic carbocycles. The Labute approximate surface area is 156 Å². The van der Waals surface area contributed by atoms with E-state index in [4.69, 9.17) is 32.7 Å². The van der Waals surface area contributed by atoms with Crippen molar-refractivity contribution in [3.05, 3.63) is 51.6 Å². The van der Waals surface area contributed by atoms with Gasteiger partial charge in [0, 0.05) is 29.7 Å². The van der Waals surface area contributed by atoms with Crippen LogP contribution in [0.15, 0.2) is 30.5 Å². The molecule has 5 nitrogen and oxygen atoms in total. The molecule has 1 aromatic carbocycles. The summed E-state index contributed by atoms with van der Waals surface area (Å²) in [5.74, 6) is 0.0291. The molecule has 3 rings (SSSR count). The van der Waals surface area contributed by atoms with Crippen LogP contribution >= 0.6 is 23.2 Å². The largest absolute Gasteiger partial charge is 0.473 e. The zero-order valence-corrected chi connectivity index (χ0v) is 15.2. The van der Waals surface area contributed by atoms with Crippen LogP contribution in [0.4, 0.5) is 5.69 Å². The van der Waals surface area contributed by atoms with Crippen LogP contribution in [0.25, 0.3) is 0 Å². The second-order valence-electron chi connectivity index (χ2n) is 5.85. The lowest BCUT2D eigenvalue weighted by molar-refractivity contribution is 0.0238. The number of ether oxygens (including phenoxy) is 2. The van der Waals surface area contributed by atoms with Crippen LogP contribution in [0.2, 0.25) is 10.0 Å². The first-order chi connectivity index (χ1) is 12.0.